The number of halogens is 1. The summed E-state index contributed by atoms with van der Waals surface area (Å²) in [5.74, 6) is -1.65. The van der Waals surface area contributed by atoms with Gasteiger partial charge in [0.1, 0.15) is 5.56 Å². The zero-order chi connectivity index (χ0) is 14.8. The second-order valence-corrected chi connectivity index (χ2v) is 5.71. The quantitative estimate of drug-likeness (QED) is 0.794. The van der Waals surface area contributed by atoms with Gasteiger partial charge in [-0.05, 0) is 17.5 Å². The summed E-state index contributed by atoms with van der Waals surface area (Å²) in [5.41, 5.74) is 5.39. The summed E-state index contributed by atoms with van der Waals surface area (Å²) in [5, 5.41) is 11.7. The summed E-state index contributed by atoms with van der Waals surface area (Å²) in [7, 11) is 0. The van der Waals surface area contributed by atoms with Gasteiger partial charge in [-0.1, -0.05) is 38.4 Å². The topological polar surface area (TPSA) is 92.4 Å². The fourth-order valence-electron chi connectivity index (χ4n) is 1.45. The smallest absolute Gasteiger partial charge is 0.339 e. The SMILES string of the molecule is CC(C)(C)[C@H](N)C(=O)Nc1cccc(Cl)c1C(=O)O. The Morgan fingerprint density at radius 1 is 1.37 bits per heavy atom. The molecule has 1 amide bonds. The van der Waals surface area contributed by atoms with Crippen LogP contribution in [0.5, 0.6) is 0 Å². The number of hydrogen-bond acceptors (Lipinski definition) is 3. The summed E-state index contributed by atoms with van der Waals surface area (Å²) >= 11 is 5.81. The highest BCUT2D eigenvalue weighted by molar-refractivity contribution is 6.34. The monoisotopic (exact) mass is 284 g/mol. The van der Waals surface area contributed by atoms with Crippen molar-refractivity contribution >= 4 is 29.2 Å². The molecule has 0 heterocycles. The van der Waals surface area contributed by atoms with Crippen molar-refractivity contribution < 1.29 is 14.7 Å². The predicted molar refractivity (Wildman–Crippen MR) is 74.5 cm³/mol. The highest BCUT2D eigenvalue weighted by Gasteiger charge is 2.28. The second kappa shape index (κ2) is 5.59. The second-order valence-electron chi connectivity index (χ2n) is 5.30. The molecule has 4 N–H and O–H groups in total. The molecular weight excluding hydrogens is 268 g/mol. The molecule has 0 bridgehead atoms. The first kappa shape index (κ1) is 15.5. The molecular formula is C13H17ClN2O3. The Labute approximate surface area is 116 Å². The lowest BCUT2D eigenvalue weighted by atomic mass is 9.87. The highest BCUT2D eigenvalue weighted by Crippen LogP contribution is 2.25. The van der Waals surface area contributed by atoms with Gasteiger partial charge in [0.05, 0.1) is 16.8 Å². The number of carboxylic acids is 1. The summed E-state index contributed by atoms with van der Waals surface area (Å²) in [4.78, 5) is 23.1. The van der Waals surface area contributed by atoms with E-state index in [2.05, 4.69) is 5.32 Å². The molecule has 6 heteroatoms. The van der Waals surface area contributed by atoms with Gasteiger partial charge in [-0.3, -0.25) is 4.79 Å². The van der Waals surface area contributed by atoms with E-state index in [4.69, 9.17) is 22.4 Å². The number of anilines is 1. The third kappa shape index (κ3) is 3.68. The number of aromatic carboxylic acids is 1. The van der Waals surface area contributed by atoms with E-state index in [1.54, 1.807) is 6.07 Å². The van der Waals surface area contributed by atoms with Crippen molar-refractivity contribution in [2.45, 2.75) is 26.8 Å². The maximum absolute atomic E-state index is 12.0. The molecule has 0 saturated heterocycles. The molecule has 19 heavy (non-hydrogen) atoms. The number of carbonyl (C=O) groups is 2. The lowest BCUT2D eigenvalue weighted by Crippen LogP contribution is -2.45. The van der Waals surface area contributed by atoms with Crippen LogP contribution in [-0.2, 0) is 4.79 Å². The number of carbonyl (C=O) groups excluding carboxylic acids is 1. The van der Waals surface area contributed by atoms with Gasteiger partial charge in [-0.25, -0.2) is 4.79 Å². The number of hydrogen-bond donors (Lipinski definition) is 3. The van der Waals surface area contributed by atoms with Gasteiger partial charge >= 0.3 is 5.97 Å². The molecule has 0 aromatic heterocycles. The minimum absolute atomic E-state index is 0.0645. The van der Waals surface area contributed by atoms with Crippen molar-refractivity contribution in [2.75, 3.05) is 5.32 Å². The molecule has 0 aliphatic heterocycles. The van der Waals surface area contributed by atoms with Crippen LogP contribution in [-0.4, -0.2) is 23.0 Å². The third-order valence-corrected chi connectivity index (χ3v) is 3.02. The van der Waals surface area contributed by atoms with E-state index < -0.39 is 23.3 Å². The molecule has 0 aliphatic rings. The minimum atomic E-state index is -1.20. The maximum Gasteiger partial charge on any atom is 0.339 e. The van der Waals surface area contributed by atoms with Crippen molar-refractivity contribution in [3.8, 4) is 0 Å². The van der Waals surface area contributed by atoms with E-state index in [1.165, 1.54) is 12.1 Å². The number of rotatable bonds is 3. The zero-order valence-corrected chi connectivity index (χ0v) is 11.8. The molecule has 0 radical (unpaired) electrons. The number of amides is 1. The van der Waals surface area contributed by atoms with Crippen LogP contribution in [0.4, 0.5) is 5.69 Å². The molecule has 104 valence electrons. The standard InChI is InChI=1S/C13H17ClN2O3/c1-13(2,3)10(15)11(17)16-8-6-4-5-7(14)9(8)12(18)19/h4-6,10H,15H2,1-3H3,(H,16,17)(H,18,19)/t10-/m1/s1. The van der Waals surface area contributed by atoms with E-state index in [-0.39, 0.29) is 16.3 Å². The number of nitrogens with one attached hydrogen (secondary N) is 1. The molecule has 0 saturated carbocycles. The average Bonchev–Trinajstić information content (AvgIpc) is 2.26. The van der Waals surface area contributed by atoms with Gasteiger partial charge < -0.3 is 16.2 Å². The van der Waals surface area contributed by atoms with E-state index in [0.717, 1.165) is 0 Å². The Balaban J connectivity index is 3.04. The Kier molecular flexibility index (Phi) is 4.55. The van der Waals surface area contributed by atoms with Crippen molar-refractivity contribution in [3.05, 3.63) is 28.8 Å². The van der Waals surface area contributed by atoms with E-state index in [1.807, 2.05) is 20.8 Å². The highest BCUT2D eigenvalue weighted by atomic mass is 35.5. The normalized spacial score (nSPS) is 12.9. The average molecular weight is 285 g/mol. The van der Waals surface area contributed by atoms with E-state index in [0.29, 0.717) is 0 Å². The number of carboxylic acid groups (broad SMARTS) is 1. The largest absolute Gasteiger partial charge is 0.478 e. The first-order valence-corrected chi connectivity index (χ1v) is 6.10. The van der Waals surface area contributed by atoms with E-state index in [9.17, 15) is 9.59 Å². The van der Waals surface area contributed by atoms with Crippen LogP contribution in [0.25, 0.3) is 0 Å². The van der Waals surface area contributed by atoms with Crippen LogP contribution in [0.1, 0.15) is 31.1 Å². The molecule has 1 aromatic carbocycles. The number of nitrogens with two attached hydrogens (primary N) is 1. The van der Waals surface area contributed by atoms with Crippen LogP contribution in [0.15, 0.2) is 18.2 Å². The Hall–Kier alpha value is -1.59. The molecule has 0 spiro atoms. The van der Waals surface area contributed by atoms with Gasteiger partial charge in [0.2, 0.25) is 5.91 Å². The van der Waals surface area contributed by atoms with Gasteiger partial charge in [0.15, 0.2) is 0 Å². The lowest BCUT2D eigenvalue weighted by Gasteiger charge is -2.26. The fourth-order valence-corrected chi connectivity index (χ4v) is 1.70. The number of benzene rings is 1. The first-order chi connectivity index (χ1) is 8.64. The van der Waals surface area contributed by atoms with E-state index >= 15 is 0 Å². The summed E-state index contributed by atoms with van der Waals surface area (Å²) in [6.07, 6.45) is 0. The molecule has 1 atom stereocenters. The molecule has 0 aliphatic carbocycles. The van der Waals surface area contributed by atoms with Crippen LogP contribution in [0.2, 0.25) is 5.02 Å². The van der Waals surface area contributed by atoms with Crippen molar-refractivity contribution in [1.29, 1.82) is 0 Å². The van der Waals surface area contributed by atoms with Gasteiger partial charge in [0, 0.05) is 0 Å². The fraction of sp³-hybridized carbons (Fsp3) is 0.385. The lowest BCUT2D eigenvalue weighted by molar-refractivity contribution is -0.119. The van der Waals surface area contributed by atoms with Crippen LogP contribution < -0.4 is 11.1 Å². The minimum Gasteiger partial charge on any atom is -0.478 e. The maximum atomic E-state index is 12.0. The Bertz CT molecular complexity index is 509. The summed E-state index contributed by atoms with van der Waals surface area (Å²) in [6.45, 7) is 5.48. The Morgan fingerprint density at radius 3 is 2.42 bits per heavy atom. The summed E-state index contributed by atoms with van der Waals surface area (Å²) < 4.78 is 0. The van der Waals surface area contributed by atoms with Gasteiger partial charge in [-0.2, -0.15) is 0 Å². The van der Waals surface area contributed by atoms with Crippen LogP contribution in [0, 0.1) is 5.41 Å². The Morgan fingerprint density at radius 2 is 1.95 bits per heavy atom. The molecule has 0 fully saturated rings. The first-order valence-electron chi connectivity index (χ1n) is 5.73. The molecule has 0 unspecified atom stereocenters. The summed E-state index contributed by atoms with van der Waals surface area (Å²) in [6, 6.07) is 3.73. The van der Waals surface area contributed by atoms with Crippen molar-refractivity contribution in [2.24, 2.45) is 11.1 Å². The molecule has 5 nitrogen and oxygen atoms in total. The van der Waals surface area contributed by atoms with Gasteiger partial charge in [0.25, 0.3) is 0 Å². The van der Waals surface area contributed by atoms with Crippen LogP contribution >= 0.6 is 11.6 Å². The van der Waals surface area contributed by atoms with Gasteiger partial charge in [-0.15, -0.1) is 0 Å². The van der Waals surface area contributed by atoms with Crippen molar-refractivity contribution in [3.63, 3.8) is 0 Å². The zero-order valence-electron chi connectivity index (χ0n) is 11.0. The molecule has 1 rings (SSSR count). The van der Waals surface area contributed by atoms with Crippen molar-refractivity contribution in [1.82, 2.24) is 0 Å². The molecule has 1 aromatic rings. The van der Waals surface area contributed by atoms with Crippen LogP contribution in [0.3, 0.4) is 0 Å². The third-order valence-electron chi connectivity index (χ3n) is 2.70. The predicted octanol–water partition coefficient (Wildman–Crippen LogP) is 2.35.